The van der Waals surface area contributed by atoms with Gasteiger partial charge in [0.15, 0.2) is 17.8 Å². The summed E-state index contributed by atoms with van der Waals surface area (Å²) in [5.41, 5.74) is 0.0627. The van der Waals surface area contributed by atoms with E-state index in [-0.39, 0.29) is 55.2 Å². The Labute approximate surface area is 294 Å². The minimum atomic E-state index is -4.30. The first-order chi connectivity index (χ1) is 23.7. The number of benzene rings is 2. The molecule has 5 atom stereocenters. The molecule has 5 rings (SSSR count). The van der Waals surface area contributed by atoms with Crippen molar-refractivity contribution in [1.29, 1.82) is 0 Å². The number of fused-ring (bicyclic) bond motifs is 2. The summed E-state index contributed by atoms with van der Waals surface area (Å²) in [6.07, 6.45) is -1.52. The third-order valence-electron chi connectivity index (χ3n) is 9.47. The van der Waals surface area contributed by atoms with Crippen LogP contribution in [0.15, 0.2) is 53.4 Å². The Balaban J connectivity index is 1.44. The van der Waals surface area contributed by atoms with E-state index in [4.69, 9.17) is 18.9 Å². The summed E-state index contributed by atoms with van der Waals surface area (Å²) in [5.74, 6) is 0.428. The van der Waals surface area contributed by atoms with Gasteiger partial charge in [-0.15, -0.1) is 0 Å². The highest BCUT2D eigenvalue weighted by Gasteiger charge is 2.47. The summed E-state index contributed by atoms with van der Waals surface area (Å²) >= 11 is 0. The SMILES string of the molecule is CCCS(=O)(=O)NCCCC(C)(C)CN(C[C@@H](O)[C@H](Cc1ccccc1)N(C(=O)[O-])[C@H]1CO[C@H]2OCC[C@H]21)S(=O)(=O)c1ccc2c(c1)OCO2. The summed E-state index contributed by atoms with van der Waals surface area (Å²) < 4.78 is 79.2. The lowest BCUT2D eigenvalue weighted by molar-refractivity contribution is -0.273. The molecular formula is C34H48N3O11S2-. The summed E-state index contributed by atoms with van der Waals surface area (Å²) in [6, 6.07) is 11.6. The van der Waals surface area contributed by atoms with Crippen molar-refractivity contribution in [3.63, 3.8) is 0 Å². The largest absolute Gasteiger partial charge is 0.530 e. The molecular weight excluding hydrogens is 691 g/mol. The lowest BCUT2D eigenvalue weighted by atomic mass is 9.87. The van der Waals surface area contributed by atoms with Gasteiger partial charge in [0.1, 0.15) is 6.09 Å². The number of amides is 1. The predicted molar refractivity (Wildman–Crippen MR) is 181 cm³/mol. The third-order valence-corrected chi connectivity index (χ3v) is 12.9. The molecule has 0 aromatic heterocycles. The number of carboxylic acid groups (broad SMARTS) is 1. The molecule has 2 fully saturated rings. The van der Waals surface area contributed by atoms with Crippen LogP contribution in [0.5, 0.6) is 11.5 Å². The molecule has 0 radical (unpaired) electrons. The number of nitrogens with one attached hydrogen (secondary N) is 1. The zero-order chi connectivity index (χ0) is 36.1. The highest BCUT2D eigenvalue weighted by atomic mass is 32.2. The third kappa shape index (κ3) is 9.26. The number of nitrogens with zero attached hydrogens (tertiary/aromatic N) is 2. The topological polar surface area (TPSA) is 184 Å². The van der Waals surface area contributed by atoms with Crippen molar-refractivity contribution in [3.8, 4) is 11.5 Å². The number of hydrogen-bond acceptors (Lipinski definition) is 11. The van der Waals surface area contributed by atoms with E-state index in [0.29, 0.717) is 38.0 Å². The van der Waals surface area contributed by atoms with E-state index < -0.39 is 62.6 Å². The Morgan fingerprint density at radius 2 is 1.82 bits per heavy atom. The van der Waals surface area contributed by atoms with Crippen LogP contribution < -0.4 is 19.3 Å². The number of carbonyl (C=O) groups excluding carboxylic acids is 1. The van der Waals surface area contributed by atoms with Gasteiger partial charge < -0.3 is 38.9 Å². The molecule has 2 aromatic carbocycles. The lowest BCUT2D eigenvalue weighted by Gasteiger charge is -2.43. The average Bonchev–Trinajstić information content (AvgIpc) is 3.81. The molecule has 2 saturated heterocycles. The van der Waals surface area contributed by atoms with Gasteiger partial charge in [-0.05, 0) is 55.2 Å². The van der Waals surface area contributed by atoms with E-state index in [1.165, 1.54) is 22.5 Å². The minimum absolute atomic E-state index is 0.0181. The van der Waals surface area contributed by atoms with E-state index in [1.54, 1.807) is 6.92 Å². The van der Waals surface area contributed by atoms with Crippen LogP contribution in [-0.4, -0.2) is 107 Å². The first-order valence-electron chi connectivity index (χ1n) is 17.0. The molecule has 278 valence electrons. The molecule has 14 nitrogen and oxygen atoms in total. The maximum Gasteiger partial charge on any atom is 0.243 e. The molecule has 0 unspecified atom stereocenters. The van der Waals surface area contributed by atoms with Crippen LogP contribution in [0.2, 0.25) is 0 Å². The molecule has 16 heteroatoms. The number of aliphatic hydroxyl groups excluding tert-OH is 1. The molecule has 3 aliphatic heterocycles. The van der Waals surface area contributed by atoms with Gasteiger partial charge in [0.25, 0.3) is 0 Å². The van der Waals surface area contributed by atoms with E-state index in [2.05, 4.69) is 4.72 Å². The van der Waals surface area contributed by atoms with Crippen LogP contribution in [0.3, 0.4) is 0 Å². The van der Waals surface area contributed by atoms with E-state index in [1.807, 2.05) is 44.2 Å². The number of rotatable bonds is 18. The summed E-state index contributed by atoms with van der Waals surface area (Å²) in [7, 11) is -7.70. The summed E-state index contributed by atoms with van der Waals surface area (Å²) in [6.45, 7) is 5.63. The number of hydrogen-bond donors (Lipinski definition) is 2. The van der Waals surface area contributed by atoms with Crippen molar-refractivity contribution in [2.24, 2.45) is 11.3 Å². The minimum Gasteiger partial charge on any atom is -0.530 e. The van der Waals surface area contributed by atoms with Gasteiger partial charge in [-0.2, -0.15) is 4.31 Å². The van der Waals surface area contributed by atoms with Gasteiger partial charge >= 0.3 is 0 Å². The second-order valence-electron chi connectivity index (χ2n) is 13.9. The molecule has 2 aromatic rings. The fourth-order valence-electron chi connectivity index (χ4n) is 6.98. The Morgan fingerprint density at radius 3 is 2.54 bits per heavy atom. The second-order valence-corrected chi connectivity index (χ2v) is 17.7. The van der Waals surface area contributed by atoms with Crippen LogP contribution in [0.4, 0.5) is 4.79 Å². The fraction of sp³-hybridized carbons (Fsp3) is 0.618. The number of ether oxygens (including phenoxy) is 4. The first-order valence-corrected chi connectivity index (χ1v) is 20.1. The van der Waals surface area contributed by atoms with Crippen LogP contribution in [0.1, 0.15) is 52.0 Å². The normalized spacial score (nSPS) is 21.7. The molecule has 3 heterocycles. The molecule has 3 aliphatic rings. The van der Waals surface area contributed by atoms with Crippen LogP contribution in [0, 0.1) is 11.3 Å². The van der Waals surface area contributed by atoms with Crippen molar-refractivity contribution >= 4 is 26.1 Å². The summed E-state index contributed by atoms with van der Waals surface area (Å²) in [5, 5.41) is 25.0. The summed E-state index contributed by atoms with van der Waals surface area (Å²) in [4.78, 5) is 14.0. The Kier molecular flexibility index (Phi) is 12.3. The van der Waals surface area contributed by atoms with E-state index in [9.17, 15) is 31.8 Å². The zero-order valence-electron chi connectivity index (χ0n) is 28.7. The molecule has 2 N–H and O–H groups in total. The monoisotopic (exact) mass is 738 g/mol. The van der Waals surface area contributed by atoms with Crippen LogP contribution in [0.25, 0.3) is 0 Å². The standard InChI is InChI=1S/C34H49N3O11S2/c1-4-17-49(41,42)35-15-8-14-34(2,3)22-36(50(43,44)25-11-12-30-31(19-25)48-23-47-30)20-29(38)27(18-24-9-6-5-7-10-24)37(33(39)40)28-21-46-32-26(28)13-16-45-32/h5-7,9-12,19,26-29,32,35,38H,4,8,13-18,20-23H2,1-3H3,(H,39,40)/p-1/t26-,27-,28-,29+,32+/m0/s1. The van der Waals surface area contributed by atoms with Gasteiger partial charge in [0.2, 0.25) is 26.8 Å². The quantitative estimate of drug-likeness (QED) is 0.213. The molecule has 0 bridgehead atoms. The number of carbonyl (C=O) groups is 1. The smallest absolute Gasteiger partial charge is 0.243 e. The molecule has 1 amide bonds. The van der Waals surface area contributed by atoms with Crippen molar-refractivity contribution in [1.82, 2.24) is 13.9 Å². The molecule has 0 aliphatic carbocycles. The van der Waals surface area contributed by atoms with Crippen molar-refractivity contribution in [3.05, 3.63) is 54.1 Å². The Bertz CT molecular complexity index is 1670. The van der Waals surface area contributed by atoms with E-state index >= 15 is 0 Å². The van der Waals surface area contributed by atoms with Crippen LogP contribution in [-0.2, 0) is 35.9 Å². The first kappa shape index (κ1) is 38.2. The zero-order valence-corrected chi connectivity index (χ0v) is 30.4. The van der Waals surface area contributed by atoms with Crippen molar-refractivity contribution in [2.45, 2.75) is 82.2 Å². The number of sulfonamides is 2. The molecule has 0 saturated carbocycles. The fourth-order valence-corrected chi connectivity index (χ4v) is 9.78. The second kappa shape index (κ2) is 16.1. The van der Waals surface area contributed by atoms with Gasteiger partial charge in [0.05, 0.1) is 42.0 Å². The number of aliphatic hydroxyl groups is 1. The van der Waals surface area contributed by atoms with Crippen LogP contribution >= 0.6 is 0 Å². The maximum absolute atomic E-state index is 14.4. The van der Waals surface area contributed by atoms with Gasteiger partial charge in [-0.25, -0.2) is 21.6 Å². The predicted octanol–water partition coefficient (Wildman–Crippen LogP) is 1.92. The Hall–Kier alpha value is -2.99. The van der Waals surface area contributed by atoms with Crippen molar-refractivity contribution in [2.75, 3.05) is 45.4 Å². The lowest BCUT2D eigenvalue weighted by Crippen LogP contribution is -2.61. The Morgan fingerprint density at radius 1 is 1.08 bits per heavy atom. The van der Waals surface area contributed by atoms with Crippen molar-refractivity contribution < 1.29 is 50.8 Å². The molecule has 50 heavy (non-hydrogen) atoms. The highest BCUT2D eigenvalue weighted by molar-refractivity contribution is 7.89. The highest BCUT2D eigenvalue weighted by Crippen LogP contribution is 2.38. The maximum atomic E-state index is 14.4. The van der Waals surface area contributed by atoms with Gasteiger partial charge in [0, 0.05) is 31.6 Å². The van der Waals surface area contributed by atoms with Gasteiger partial charge in [-0.3, -0.25) is 0 Å². The average molecular weight is 739 g/mol. The van der Waals surface area contributed by atoms with Gasteiger partial charge in [-0.1, -0.05) is 51.1 Å². The van der Waals surface area contributed by atoms with E-state index in [0.717, 1.165) is 10.5 Å². The molecule has 0 spiro atoms.